The normalized spacial score (nSPS) is 14.2. The molecule has 8 nitrogen and oxygen atoms in total. The summed E-state index contributed by atoms with van der Waals surface area (Å²) in [5, 5.41) is 14.8. The average Bonchev–Trinajstić information content (AvgIpc) is 2.82. The van der Waals surface area contributed by atoms with Crippen LogP contribution in [0.5, 0.6) is 11.5 Å². The largest absolute Gasteiger partial charge is 0.493 e. The minimum Gasteiger partial charge on any atom is -0.493 e. The lowest BCUT2D eigenvalue weighted by Gasteiger charge is -2.34. The van der Waals surface area contributed by atoms with Gasteiger partial charge in [0.25, 0.3) is 0 Å². The van der Waals surface area contributed by atoms with E-state index in [0.717, 1.165) is 57.2 Å². The predicted molar refractivity (Wildman–Crippen MR) is 126 cm³/mol. The fraction of sp³-hybridized carbons (Fsp3) is 0.440. The van der Waals surface area contributed by atoms with Crippen molar-refractivity contribution in [2.75, 3.05) is 39.9 Å². The monoisotopic (exact) mass is 458 g/mol. The Balaban J connectivity index is 0.000000569. The molecule has 0 atom stereocenters. The maximum absolute atomic E-state index is 9.10. The topological polar surface area (TPSA) is 99.5 Å². The molecule has 1 heterocycles. The number of aliphatic carboxylic acids is 2. The Morgan fingerprint density at radius 3 is 1.73 bits per heavy atom. The molecule has 2 aromatic carbocycles. The fourth-order valence-corrected chi connectivity index (χ4v) is 3.59. The molecule has 3 rings (SSSR count). The van der Waals surface area contributed by atoms with E-state index in [2.05, 4.69) is 53.1 Å². The fourth-order valence-electron chi connectivity index (χ4n) is 3.59. The van der Waals surface area contributed by atoms with Gasteiger partial charge in [-0.1, -0.05) is 37.3 Å². The van der Waals surface area contributed by atoms with Crippen LogP contribution in [0.2, 0.25) is 0 Å². The van der Waals surface area contributed by atoms with Crippen LogP contribution in [0.15, 0.2) is 42.5 Å². The Hall–Kier alpha value is -3.10. The molecule has 2 aromatic rings. The molecule has 1 saturated heterocycles. The number of aryl methyl sites for hydroxylation is 1. The highest BCUT2D eigenvalue weighted by molar-refractivity contribution is 6.27. The van der Waals surface area contributed by atoms with Gasteiger partial charge >= 0.3 is 11.9 Å². The van der Waals surface area contributed by atoms with E-state index in [1.54, 1.807) is 7.11 Å². The summed E-state index contributed by atoms with van der Waals surface area (Å²) in [6.07, 6.45) is 1.11. The second kappa shape index (κ2) is 13.4. The van der Waals surface area contributed by atoms with Crippen LogP contribution in [0.1, 0.15) is 30.5 Å². The summed E-state index contributed by atoms with van der Waals surface area (Å²) < 4.78 is 11.1. The number of rotatable bonds is 8. The van der Waals surface area contributed by atoms with Gasteiger partial charge in [0.15, 0.2) is 11.5 Å². The van der Waals surface area contributed by atoms with Crippen molar-refractivity contribution in [2.24, 2.45) is 0 Å². The Morgan fingerprint density at radius 1 is 0.788 bits per heavy atom. The Kier molecular flexibility index (Phi) is 10.7. The zero-order chi connectivity index (χ0) is 24.2. The summed E-state index contributed by atoms with van der Waals surface area (Å²) in [4.78, 5) is 23.3. The van der Waals surface area contributed by atoms with E-state index in [1.165, 1.54) is 16.7 Å². The number of carboxylic acids is 2. The molecule has 0 amide bonds. The Labute approximate surface area is 195 Å². The van der Waals surface area contributed by atoms with Gasteiger partial charge in [0, 0.05) is 39.3 Å². The summed E-state index contributed by atoms with van der Waals surface area (Å²) in [5.74, 6) is -2.00. The predicted octanol–water partition coefficient (Wildman–Crippen LogP) is 3.13. The van der Waals surface area contributed by atoms with Gasteiger partial charge in [0.2, 0.25) is 0 Å². The lowest BCUT2D eigenvalue weighted by molar-refractivity contribution is -0.159. The maximum atomic E-state index is 9.10. The quantitative estimate of drug-likeness (QED) is 0.582. The molecular formula is C25H34N2O6. The first kappa shape index (κ1) is 26.2. The number of benzene rings is 2. The van der Waals surface area contributed by atoms with Crippen molar-refractivity contribution < 1.29 is 29.3 Å². The number of ether oxygens (including phenoxy) is 2. The molecule has 0 radical (unpaired) electrons. The van der Waals surface area contributed by atoms with E-state index < -0.39 is 11.9 Å². The van der Waals surface area contributed by atoms with Gasteiger partial charge in [-0.15, -0.1) is 0 Å². The first-order chi connectivity index (χ1) is 15.9. The molecule has 33 heavy (non-hydrogen) atoms. The molecule has 1 aliphatic heterocycles. The van der Waals surface area contributed by atoms with Gasteiger partial charge < -0.3 is 19.7 Å². The van der Waals surface area contributed by atoms with Gasteiger partial charge in [-0.05, 0) is 42.2 Å². The van der Waals surface area contributed by atoms with Crippen molar-refractivity contribution in [3.63, 3.8) is 0 Å². The molecule has 0 saturated carbocycles. The third-order valence-electron chi connectivity index (χ3n) is 5.42. The van der Waals surface area contributed by atoms with Crippen molar-refractivity contribution in [3.05, 3.63) is 59.2 Å². The van der Waals surface area contributed by atoms with Crippen LogP contribution >= 0.6 is 0 Å². The summed E-state index contributed by atoms with van der Waals surface area (Å²) in [7, 11) is 1.69. The molecule has 0 spiro atoms. The smallest absolute Gasteiger partial charge is 0.414 e. The summed E-state index contributed by atoms with van der Waals surface area (Å²) in [5.41, 5.74) is 4.11. The van der Waals surface area contributed by atoms with Crippen molar-refractivity contribution in [2.45, 2.75) is 33.4 Å². The highest BCUT2D eigenvalue weighted by Crippen LogP contribution is 2.28. The van der Waals surface area contributed by atoms with Crippen LogP contribution in [0, 0.1) is 0 Å². The first-order valence-corrected chi connectivity index (χ1v) is 11.1. The second-order valence-corrected chi connectivity index (χ2v) is 7.75. The van der Waals surface area contributed by atoms with Gasteiger partial charge in [-0.25, -0.2) is 9.59 Å². The molecule has 0 aliphatic carbocycles. The molecular weight excluding hydrogens is 424 g/mol. The Bertz CT molecular complexity index is 880. The molecule has 0 unspecified atom stereocenters. The summed E-state index contributed by atoms with van der Waals surface area (Å²) in [6, 6.07) is 15.3. The lowest BCUT2D eigenvalue weighted by atomic mass is 10.1. The molecule has 8 heteroatoms. The number of nitrogens with zero attached hydrogens (tertiary/aromatic N) is 2. The third kappa shape index (κ3) is 8.75. The van der Waals surface area contributed by atoms with Crippen LogP contribution in [-0.4, -0.2) is 71.8 Å². The van der Waals surface area contributed by atoms with Gasteiger partial charge in [0.1, 0.15) is 0 Å². The minimum atomic E-state index is -1.82. The molecule has 1 aliphatic rings. The molecule has 0 aromatic heterocycles. The number of carbonyl (C=O) groups is 2. The standard InChI is InChI=1S/C23H32N2O2.C2H2O4/c1-4-19-6-8-20(9-7-19)17-24-12-14-25(15-13-24)18-21-10-11-22(26-3)23(16-21)27-5-2;3-1(4)2(5)6/h6-11,16H,4-5,12-15,17-18H2,1-3H3;(H,3,4)(H,5,6). The van der Waals surface area contributed by atoms with E-state index in [0.29, 0.717) is 6.61 Å². The zero-order valence-corrected chi connectivity index (χ0v) is 19.6. The van der Waals surface area contributed by atoms with Crippen LogP contribution in [0.3, 0.4) is 0 Å². The van der Waals surface area contributed by atoms with Crippen LogP contribution < -0.4 is 9.47 Å². The molecule has 180 valence electrons. The van der Waals surface area contributed by atoms with E-state index in [-0.39, 0.29) is 0 Å². The maximum Gasteiger partial charge on any atom is 0.414 e. The number of methoxy groups -OCH3 is 1. The number of hydrogen-bond donors (Lipinski definition) is 2. The number of piperazine rings is 1. The molecule has 1 fully saturated rings. The van der Waals surface area contributed by atoms with Crippen molar-refractivity contribution in [1.29, 1.82) is 0 Å². The van der Waals surface area contributed by atoms with E-state index in [4.69, 9.17) is 29.3 Å². The Morgan fingerprint density at radius 2 is 1.27 bits per heavy atom. The van der Waals surface area contributed by atoms with Crippen LogP contribution in [0.25, 0.3) is 0 Å². The minimum absolute atomic E-state index is 0.651. The van der Waals surface area contributed by atoms with Gasteiger partial charge in [-0.3, -0.25) is 9.80 Å². The van der Waals surface area contributed by atoms with Crippen molar-refractivity contribution in [3.8, 4) is 11.5 Å². The highest BCUT2D eigenvalue weighted by Gasteiger charge is 2.18. The third-order valence-corrected chi connectivity index (χ3v) is 5.42. The van der Waals surface area contributed by atoms with E-state index in [9.17, 15) is 0 Å². The molecule has 2 N–H and O–H groups in total. The van der Waals surface area contributed by atoms with Gasteiger partial charge in [-0.2, -0.15) is 0 Å². The zero-order valence-electron chi connectivity index (χ0n) is 19.6. The summed E-state index contributed by atoms with van der Waals surface area (Å²) >= 11 is 0. The van der Waals surface area contributed by atoms with E-state index >= 15 is 0 Å². The number of carboxylic acid groups (broad SMARTS) is 2. The SMILES string of the molecule is CCOc1cc(CN2CCN(Cc3ccc(CC)cc3)CC2)ccc1OC.O=C(O)C(=O)O. The first-order valence-electron chi connectivity index (χ1n) is 11.1. The van der Waals surface area contributed by atoms with Crippen LogP contribution in [-0.2, 0) is 29.1 Å². The van der Waals surface area contributed by atoms with Crippen molar-refractivity contribution in [1.82, 2.24) is 9.80 Å². The van der Waals surface area contributed by atoms with Crippen molar-refractivity contribution >= 4 is 11.9 Å². The number of hydrogen-bond acceptors (Lipinski definition) is 6. The van der Waals surface area contributed by atoms with Crippen LogP contribution in [0.4, 0.5) is 0 Å². The highest BCUT2D eigenvalue weighted by atomic mass is 16.5. The second-order valence-electron chi connectivity index (χ2n) is 7.75. The summed E-state index contributed by atoms with van der Waals surface area (Å²) in [6.45, 7) is 11.3. The lowest BCUT2D eigenvalue weighted by Crippen LogP contribution is -2.45. The molecule has 0 bridgehead atoms. The van der Waals surface area contributed by atoms with Gasteiger partial charge in [0.05, 0.1) is 13.7 Å². The van der Waals surface area contributed by atoms with E-state index in [1.807, 2.05) is 13.0 Å². The average molecular weight is 459 g/mol.